The van der Waals surface area contributed by atoms with E-state index in [1.807, 2.05) is 11.6 Å². The van der Waals surface area contributed by atoms with Crippen LogP contribution in [0.2, 0.25) is 0 Å². The van der Waals surface area contributed by atoms with E-state index in [0.717, 1.165) is 38.8 Å². The number of nitrogens with zero attached hydrogens (tertiary/aromatic N) is 3. The molecule has 0 saturated carbocycles. The van der Waals surface area contributed by atoms with Crippen LogP contribution in [0.15, 0.2) is 6.20 Å². The number of hydrogen-bond donors (Lipinski definition) is 2. The Balaban J connectivity index is 1.58. The van der Waals surface area contributed by atoms with Crippen molar-refractivity contribution in [2.24, 2.45) is 0 Å². The zero-order chi connectivity index (χ0) is 14.7. The van der Waals surface area contributed by atoms with Gasteiger partial charge in [-0.2, -0.15) is 0 Å². The molecule has 7 heteroatoms. The van der Waals surface area contributed by atoms with Gasteiger partial charge in [0.1, 0.15) is 0 Å². The molecule has 116 valence electrons. The van der Waals surface area contributed by atoms with Gasteiger partial charge < -0.3 is 15.4 Å². The zero-order valence-electron chi connectivity index (χ0n) is 12.4. The molecule has 2 aliphatic rings. The number of carbonyl (C=O) groups excluding carboxylic acids is 1. The molecule has 3 heterocycles. The topological polar surface area (TPSA) is 81.1 Å². The van der Waals surface area contributed by atoms with Crippen LogP contribution in [-0.4, -0.2) is 52.7 Å². The number of nitrogens with one attached hydrogen (secondary N) is 2. The maximum absolute atomic E-state index is 12.2. The number of rotatable bonds is 3. The molecule has 0 spiro atoms. The highest BCUT2D eigenvalue weighted by atomic mass is 16.5. The van der Waals surface area contributed by atoms with Crippen LogP contribution in [0.3, 0.4) is 0 Å². The average molecular weight is 293 g/mol. The number of ether oxygens (including phenoxy) is 1. The van der Waals surface area contributed by atoms with Crippen molar-refractivity contribution in [2.45, 2.75) is 50.8 Å². The minimum absolute atomic E-state index is 0.130. The van der Waals surface area contributed by atoms with Crippen LogP contribution in [0.1, 0.15) is 49.1 Å². The Bertz CT molecular complexity index is 483. The number of amides is 1. The van der Waals surface area contributed by atoms with Crippen LogP contribution in [0, 0.1) is 0 Å². The largest absolute Gasteiger partial charge is 0.378 e. The molecule has 0 aliphatic carbocycles. The normalized spacial score (nSPS) is 27.5. The van der Waals surface area contributed by atoms with Crippen LogP contribution in [-0.2, 0) is 4.74 Å². The van der Waals surface area contributed by atoms with Crippen LogP contribution in [0.25, 0.3) is 0 Å². The van der Waals surface area contributed by atoms with Gasteiger partial charge in [0.2, 0.25) is 0 Å². The van der Waals surface area contributed by atoms with Crippen molar-refractivity contribution in [1.29, 1.82) is 0 Å². The number of piperidine rings is 1. The molecule has 21 heavy (non-hydrogen) atoms. The summed E-state index contributed by atoms with van der Waals surface area (Å²) >= 11 is 0. The first-order chi connectivity index (χ1) is 10.2. The van der Waals surface area contributed by atoms with Crippen molar-refractivity contribution in [2.75, 3.05) is 19.7 Å². The summed E-state index contributed by atoms with van der Waals surface area (Å²) in [6.07, 6.45) is 5.75. The lowest BCUT2D eigenvalue weighted by Crippen LogP contribution is -2.41. The van der Waals surface area contributed by atoms with E-state index in [9.17, 15) is 4.79 Å². The lowest BCUT2D eigenvalue weighted by molar-refractivity contribution is 0.0136. The highest BCUT2D eigenvalue weighted by Gasteiger charge is 2.23. The Morgan fingerprint density at radius 3 is 3.00 bits per heavy atom. The van der Waals surface area contributed by atoms with E-state index in [2.05, 4.69) is 20.9 Å². The Labute approximate surface area is 124 Å². The fourth-order valence-electron chi connectivity index (χ4n) is 3.02. The molecule has 1 aromatic heterocycles. The molecular weight excluding hydrogens is 270 g/mol. The molecule has 2 unspecified atom stereocenters. The predicted molar refractivity (Wildman–Crippen MR) is 77.1 cm³/mol. The molecule has 3 rings (SSSR count). The molecule has 2 N–H and O–H groups in total. The second kappa shape index (κ2) is 6.53. The quantitative estimate of drug-likeness (QED) is 0.848. The van der Waals surface area contributed by atoms with Gasteiger partial charge in [-0.1, -0.05) is 5.21 Å². The summed E-state index contributed by atoms with van der Waals surface area (Å²) in [6.45, 7) is 4.72. The van der Waals surface area contributed by atoms with Gasteiger partial charge in [0.15, 0.2) is 5.69 Å². The molecule has 0 bridgehead atoms. The molecule has 1 amide bonds. The molecule has 0 aromatic carbocycles. The zero-order valence-corrected chi connectivity index (χ0v) is 12.4. The van der Waals surface area contributed by atoms with Gasteiger partial charge in [0.05, 0.1) is 18.3 Å². The fraction of sp³-hybridized carbons (Fsp3) is 0.786. The molecule has 7 nitrogen and oxygen atoms in total. The summed E-state index contributed by atoms with van der Waals surface area (Å²) in [6, 6.07) is 0.522. The van der Waals surface area contributed by atoms with E-state index >= 15 is 0 Å². The minimum atomic E-state index is -0.130. The van der Waals surface area contributed by atoms with Crippen LogP contribution in [0.5, 0.6) is 0 Å². The summed E-state index contributed by atoms with van der Waals surface area (Å²) < 4.78 is 7.33. The molecular formula is C14H23N5O2. The van der Waals surface area contributed by atoms with E-state index in [4.69, 9.17) is 4.74 Å². The van der Waals surface area contributed by atoms with E-state index in [0.29, 0.717) is 18.3 Å². The van der Waals surface area contributed by atoms with Crippen molar-refractivity contribution in [3.63, 3.8) is 0 Å². The third-order valence-corrected chi connectivity index (χ3v) is 4.25. The summed E-state index contributed by atoms with van der Waals surface area (Å²) in [4.78, 5) is 12.2. The van der Waals surface area contributed by atoms with Gasteiger partial charge in [-0.25, -0.2) is 4.68 Å². The second-order valence-corrected chi connectivity index (χ2v) is 5.94. The van der Waals surface area contributed by atoms with Gasteiger partial charge >= 0.3 is 0 Å². The fourth-order valence-corrected chi connectivity index (χ4v) is 3.02. The van der Waals surface area contributed by atoms with Gasteiger partial charge in [0, 0.05) is 12.6 Å². The first-order valence-electron chi connectivity index (χ1n) is 7.77. The Morgan fingerprint density at radius 1 is 1.43 bits per heavy atom. The van der Waals surface area contributed by atoms with E-state index in [-0.39, 0.29) is 18.1 Å². The van der Waals surface area contributed by atoms with Crippen molar-refractivity contribution < 1.29 is 9.53 Å². The molecule has 2 saturated heterocycles. The third-order valence-electron chi connectivity index (χ3n) is 4.25. The monoisotopic (exact) mass is 293 g/mol. The first kappa shape index (κ1) is 14.5. The summed E-state index contributed by atoms with van der Waals surface area (Å²) in [5, 5.41) is 14.5. The van der Waals surface area contributed by atoms with Gasteiger partial charge in [-0.05, 0) is 45.7 Å². The predicted octanol–water partition coefficient (Wildman–Crippen LogP) is 0.500. The standard InChI is InChI=1S/C14H23N5O2/c1-10-8-11(4-7-21-10)16-14(20)13-9-19(18-17-13)12-2-5-15-6-3-12/h9-12,15H,2-8H2,1H3,(H,16,20). The summed E-state index contributed by atoms with van der Waals surface area (Å²) in [5.74, 6) is -0.130. The lowest BCUT2D eigenvalue weighted by Gasteiger charge is -2.27. The maximum atomic E-state index is 12.2. The highest BCUT2D eigenvalue weighted by Crippen LogP contribution is 2.17. The van der Waals surface area contributed by atoms with Crippen LogP contribution in [0.4, 0.5) is 0 Å². The van der Waals surface area contributed by atoms with Crippen LogP contribution < -0.4 is 10.6 Å². The average Bonchev–Trinajstić information content (AvgIpc) is 2.98. The van der Waals surface area contributed by atoms with Gasteiger partial charge in [-0.3, -0.25) is 4.79 Å². The minimum Gasteiger partial charge on any atom is -0.378 e. The smallest absolute Gasteiger partial charge is 0.273 e. The number of aromatic nitrogens is 3. The van der Waals surface area contributed by atoms with E-state index < -0.39 is 0 Å². The Hall–Kier alpha value is -1.47. The summed E-state index contributed by atoms with van der Waals surface area (Å²) in [7, 11) is 0. The number of hydrogen-bond acceptors (Lipinski definition) is 5. The van der Waals surface area contributed by atoms with Crippen molar-refractivity contribution in [3.05, 3.63) is 11.9 Å². The van der Waals surface area contributed by atoms with Crippen molar-refractivity contribution in [3.8, 4) is 0 Å². The van der Waals surface area contributed by atoms with E-state index in [1.54, 1.807) is 6.20 Å². The van der Waals surface area contributed by atoms with Gasteiger partial charge in [-0.15, -0.1) is 5.10 Å². The number of carbonyl (C=O) groups is 1. The molecule has 2 atom stereocenters. The van der Waals surface area contributed by atoms with Crippen molar-refractivity contribution in [1.82, 2.24) is 25.6 Å². The van der Waals surface area contributed by atoms with Crippen molar-refractivity contribution >= 4 is 5.91 Å². The summed E-state index contributed by atoms with van der Waals surface area (Å²) in [5.41, 5.74) is 0.410. The van der Waals surface area contributed by atoms with E-state index in [1.165, 1.54) is 0 Å². The lowest BCUT2D eigenvalue weighted by atomic mass is 10.0. The Morgan fingerprint density at radius 2 is 2.24 bits per heavy atom. The van der Waals surface area contributed by atoms with Crippen LogP contribution >= 0.6 is 0 Å². The molecule has 1 aromatic rings. The molecule has 0 radical (unpaired) electrons. The van der Waals surface area contributed by atoms with Gasteiger partial charge in [0.25, 0.3) is 5.91 Å². The molecule has 2 fully saturated rings. The second-order valence-electron chi connectivity index (χ2n) is 5.94. The first-order valence-corrected chi connectivity index (χ1v) is 7.77. The molecule has 2 aliphatic heterocycles. The SMILES string of the molecule is CC1CC(NC(=O)c2cn(C3CCNCC3)nn2)CCO1. The Kier molecular flexibility index (Phi) is 4.50. The highest BCUT2D eigenvalue weighted by molar-refractivity contribution is 5.92. The third kappa shape index (κ3) is 3.59. The maximum Gasteiger partial charge on any atom is 0.273 e.